The monoisotopic (exact) mass is 290 g/mol. The number of carbonyl (C=O) groups is 1. The van der Waals surface area contributed by atoms with Crippen LogP contribution in [0.3, 0.4) is 0 Å². The lowest BCUT2D eigenvalue weighted by molar-refractivity contribution is 0.0948. The van der Waals surface area contributed by atoms with E-state index >= 15 is 0 Å². The van der Waals surface area contributed by atoms with Crippen molar-refractivity contribution in [2.45, 2.75) is 25.8 Å². The maximum Gasteiger partial charge on any atom is 0.251 e. The first-order valence-corrected chi connectivity index (χ1v) is 7.62. The second-order valence-electron chi connectivity index (χ2n) is 5.78. The Labute approximate surface area is 127 Å². The maximum atomic E-state index is 12.1. The van der Waals surface area contributed by atoms with Crippen LogP contribution in [-0.2, 0) is 0 Å². The van der Waals surface area contributed by atoms with Crippen molar-refractivity contribution >= 4 is 17.3 Å². The molecule has 0 heterocycles. The van der Waals surface area contributed by atoms with E-state index in [0.717, 1.165) is 24.8 Å². The van der Waals surface area contributed by atoms with E-state index in [1.807, 2.05) is 31.1 Å². The van der Waals surface area contributed by atoms with E-state index in [1.165, 1.54) is 12.8 Å². The third-order valence-corrected chi connectivity index (χ3v) is 3.93. The molecule has 0 aromatic heterocycles. The van der Waals surface area contributed by atoms with Gasteiger partial charge in [-0.1, -0.05) is 6.92 Å². The number of hydrogen-bond acceptors (Lipinski definition) is 4. The molecular weight excluding hydrogens is 264 g/mol. The quantitative estimate of drug-likeness (QED) is 0.748. The van der Waals surface area contributed by atoms with Crippen LogP contribution in [0.1, 0.15) is 30.1 Å². The molecular formula is C16H26N4O. The summed E-state index contributed by atoms with van der Waals surface area (Å²) in [7, 11) is 3.87. The zero-order chi connectivity index (χ0) is 15.4. The smallest absolute Gasteiger partial charge is 0.251 e. The molecule has 116 valence electrons. The summed E-state index contributed by atoms with van der Waals surface area (Å²) in [5.74, 6) is -0.0566. The van der Waals surface area contributed by atoms with E-state index in [9.17, 15) is 4.79 Å². The van der Waals surface area contributed by atoms with Crippen molar-refractivity contribution in [3.63, 3.8) is 0 Å². The fraction of sp³-hybridized carbons (Fsp3) is 0.562. The van der Waals surface area contributed by atoms with Gasteiger partial charge >= 0.3 is 0 Å². The molecule has 1 aromatic carbocycles. The minimum absolute atomic E-state index is 0.0566. The fourth-order valence-electron chi connectivity index (χ4n) is 2.56. The van der Waals surface area contributed by atoms with Crippen molar-refractivity contribution in [1.29, 1.82) is 0 Å². The average Bonchev–Trinajstić information content (AvgIpc) is 3.27. The van der Waals surface area contributed by atoms with Crippen LogP contribution in [0.4, 0.5) is 11.4 Å². The SMILES string of the molecule is CCN(CCNC(=O)c1ccc(N(C)C)c(N)c1)C1CC1. The highest BCUT2D eigenvalue weighted by Gasteiger charge is 2.27. The van der Waals surface area contributed by atoms with Crippen LogP contribution in [0.5, 0.6) is 0 Å². The number of nitrogen functional groups attached to an aromatic ring is 1. The molecule has 5 nitrogen and oxygen atoms in total. The van der Waals surface area contributed by atoms with Crippen molar-refractivity contribution in [1.82, 2.24) is 10.2 Å². The predicted octanol–water partition coefficient (Wildman–Crippen LogP) is 1.55. The molecule has 0 saturated heterocycles. The lowest BCUT2D eigenvalue weighted by atomic mass is 10.1. The van der Waals surface area contributed by atoms with E-state index < -0.39 is 0 Å². The predicted molar refractivity (Wildman–Crippen MR) is 87.8 cm³/mol. The van der Waals surface area contributed by atoms with Crippen molar-refractivity contribution in [3.05, 3.63) is 23.8 Å². The first-order valence-electron chi connectivity index (χ1n) is 7.62. The largest absolute Gasteiger partial charge is 0.397 e. The molecule has 1 amide bonds. The first kappa shape index (κ1) is 15.6. The molecule has 0 unspecified atom stereocenters. The van der Waals surface area contributed by atoms with Crippen LogP contribution >= 0.6 is 0 Å². The van der Waals surface area contributed by atoms with Gasteiger partial charge in [0.1, 0.15) is 0 Å². The fourth-order valence-corrected chi connectivity index (χ4v) is 2.56. The van der Waals surface area contributed by atoms with Gasteiger partial charge < -0.3 is 16.0 Å². The summed E-state index contributed by atoms with van der Waals surface area (Å²) < 4.78 is 0. The number of nitrogens with two attached hydrogens (primary N) is 1. The number of rotatable bonds is 7. The van der Waals surface area contributed by atoms with E-state index in [1.54, 1.807) is 6.07 Å². The minimum atomic E-state index is -0.0566. The molecule has 0 aliphatic heterocycles. The zero-order valence-corrected chi connectivity index (χ0v) is 13.2. The normalized spacial score (nSPS) is 14.3. The van der Waals surface area contributed by atoms with Crippen molar-refractivity contribution in [3.8, 4) is 0 Å². The van der Waals surface area contributed by atoms with Gasteiger partial charge in [-0.15, -0.1) is 0 Å². The van der Waals surface area contributed by atoms with Gasteiger partial charge in [-0.05, 0) is 37.6 Å². The van der Waals surface area contributed by atoms with Crippen LogP contribution in [0.25, 0.3) is 0 Å². The van der Waals surface area contributed by atoms with Crippen LogP contribution in [0, 0.1) is 0 Å². The van der Waals surface area contributed by atoms with Gasteiger partial charge in [-0.25, -0.2) is 0 Å². The Morgan fingerprint density at radius 3 is 2.62 bits per heavy atom. The highest BCUT2D eigenvalue weighted by molar-refractivity contribution is 5.96. The van der Waals surface area contributed by atoms with Crippen LogP contribution in [-0.4, -0.2) is 50.6 Å². The van der Waals surface area contributed by atoms with E-state index in [4.69, 9.17) is 5.73 Å². The van der Waals surface area contributed by atoms with Gasteiger partial charge in [0.15, 0.2) is 0 Å². The highest BCUT2D eigenvalue weighted by atomic mass is 16.1. The molecule has 1 aliphatic rings. The Balaban J connectivity index is 1.86. The summed E-state index contributed by atoms with van der Waals surface area (Å²) >= 11 is 0. The molecule has 1 saturated carbocycles. The lowest BCUT2D eigenvalue weighted by Crippen LogP contribution is -2.36. The molecule has 21 heavy (non-hydrogen) atoms. The van der Waals surface area contributed by atoms with E-state index in [-0.39, 0.29) is 5.91 Å². The Kier molecular flexibility index (Phi) is 5.07. The topological polar surface area (TPSA) is 61.6 Å². The lowest BCUT2D eigenvalue weighted by Gasteiger charge is -2.20. The number of anilines is 2. The standard InChI is InChI=1S/C16H26N4O/c1-4-20(13-6-7-13)10-9-18-16(21)12-5-8-15(19(2)3)14(17)11-12/h5,8,11,13H,4,6-7,9-10,17H2,1-3H3,(H,18,21). The average molecular weight is 290 g/mol. The van der Waals surface area contributed by atoms with Crippen LogP contribution in [0.15, 0.2) is 18.2 Å². The zero-order valence-electron chi connectivity index (χ0n) is 13.2. The Hall–Kier alpha value is -1.75. The van der Waals surface area contributed by atoms with Crippen molar-refractivity contribution in [2.24, 2.45) is 0 Å². The number of benzene rings is 1. The van der Waals surface area contributed by atoms with Gasteiger partial charge in [-0.2, -0.15) is 0 Å². The second kappa shape index (κ2) is 6.80. The van der Waals surface area contributed by atoms with Crippen molar-refractivity contribution < 1.29 is 4.79 Å². The van der Waals surface area contributed by atoms with Crippen LogP contribution in [0.2, 0.25) is 0 Å². The number of likely N-dealkylation sites (N-methyl/N-ethyl adjacent to an activating group) is 1. The van der Waals surface area contributed by atoms with Crippen molar-refractivity contribution in [2.75, 3.05) is 44.4 Å². The Bertz CT molecular complexity index is 497. The maximum absolute atomic E-state index is 12.1. The summed E-state index contributed by atoms with van der Waals surface area (Å²) in [6, 6.07) is 6.18. The molecule has 0 radical (unpaired) electrons. The Morgan fingerprint density at radius 2 is 2.10 bits per heavy atom. The summed E-state index contributed by atoms with van der Waals surface area (Å²) in [6.07, 6.45) is 2.59. The molecule has 1 aliphatic carbocycles. The van der Waals surface area contributed by atoms with Gasteiger partial charge in [0.25, 0.3) is 5.91 Å². The second-order valence-corrected chi connectivity index (χ2v) is 5.78. The molecule has 0 atom stereocenters. The van der Waals surface area contributed by atoms with E-state index in [2.05, 4.69) is 17.1 Å². The summed E-state index contributed by atoms with van der Waals surface area (Å²) in [5.41, 5.74) is 8.15. The summed E-state index contributed by atoms with van der Waals surface area (Å²) in [4.78, 5) is 16.5. The number of nitrogens with one attached hydrogen (secondary N) is 1. The van der Waals surface area contributed by atoms with Gasteiger partial charge in [0, 0.05) is 38.8 Å². The number of amides is 1. The van der Waals surface area contributed by atoms with Gasteiger partial charge in [0.2, 0.25) is 0 Å². The van der Waals surface area contributed by atoms with Crippen LogP contribution < -0.4 is 16.0 Å². The van der Waals surface area contributed by atoms with E-state index in [0.29, 0.717) is 17.8 Å². The third-order valence-electron chi connectivity index (χ3n) is 3.93. The molecule has 0 bridgehead atoms. The third kappa shape index (κ3) is 4.11. The summed E-state index contributed by atoms with van der Waals surface area (Å²) in [5, 5.41) is 2.97. The summed E-state index contributed by atoms with van der Waals surface area (Å²) in [6.45, 7) is 4.81. The Morgan fingerprint density at radius 1 is 1.38 bits per heavy atom. The van der Waals surface area contributed by atoms with Gasteiger partial charge in [0.05, 0.1) is 11.4 Å². The molecule has 1 fully saturated rings. The number of nitrogens with zero attached hydrogens (tertiary/aromatic N) is 2. The highest BCUT2D eigenvalue weighted by Crippen LogP contribution is 2.26. The molecule has 2 rings (SSSR count). The molecule has 0 spiro atoms. The minimum Gasteiger partial charge on any atom is -0.397 e. The molecule has 1 aromatic rings. The molecule has 5 heteroatoms. The molecule has 3 N–H and O–H groups in total. The number of carbonyl (C=O) groups excluding carboxylic acids is 1. The first-order chi connectivity index (χ1) is 10.0. The number of hydrogen-bond donors (Lipinski definition) is 2. The van der Waals surface area contributed by atoms with Gasteiger partial charge in [-0.3, -0.25) is 9.69 Å².